The smallest absolute Gasteiger partial charge is 0.191 e. The molecule has 2 N–H and O–H groups in total. The predicted molar refractivity (Wildman–Crippen MR) is 110 cm³/mol. The van der Waals surface area contributed by atoms with Gasteiger partial charge in [0.25, 0.3) is 0 Å². The fraction of sp³-hybridized carbons (Fsp3) is 0.611. The van der Waals surface area contributed by atoms with Crippen LogP contribution in [-0.2, 0) is 6.42 Å². The molecule has 1 fully saturated rings. The van der Waals surface area contributed by atoms with Gasteiger partial charge in [0.1, 0.15) is 5.82 Å². The minimum Gasteiger partial charge on any atom is -0.356 e. The third-order valence-corrected chi connectivity index (χ3v) is 4.48. The number of nitrogens with one attached hydrogen (secondary N) is 2. The number of rotatable bonds is 7. The van der Waals surface area contributed by atoms with E-state index in [0.717, 1.165) is 37.5 Å². The summed E-state index contributed by atoms with van der Waals surface area (Å²) in [6.07, 6.45) is 4.65. The van der Waals surface area contributed by atoms with Crippen LogP contribution in [0.2, 0.25) is 0 Å². The monoisotopic (exact) mass is 448 g/mol. The summed E-state index contributed by atoms with van der Waals surface area (Å²) < 4.78 is 12.9. The van der Waals surface area contributed by atoms with Gasteiger partial charge in [-0.3, -0.25) is 9.89 Å². The summed E-state index contributed by atoms with van der Waals surface area (Å²) in [5.74, 6) is 0.650. The minimum atomic E-state index is -0.188. The van der Waals surface area contributed by atoms with Gasteiger partial charge in [-0.05, 0) is 56.5 Å². The zero-order valence-electron chi connectivity index (χ0n) is 14.7. The van der Waals surface area contributed by atoms with E-state index in [2.05, 4.69) is 27.4 Å². The molecular formula is C18H30FIN4. The lowest BCUT2D eigenvalue weighted by Gasteiger charge is -2.27. The third-order valence-electron chi connectivity index (χ3n) is 4.48. The molecule has 4 nitrogen and oxygen atoms in total. The van der Waals surface area contributed by atoms with E-state index in [1.807, 2.05) is 12.1 Å². The molecule has 0 radical (unpaired) electrons. The zero-order valence-corrected chi connectivity index (χ0v) is 17.1. The van der Waals surface area contributed by atoms with Crippen LogP contribution in [0.1, 0.15) is 31.7 Å². The lowest BCUT2D eigenvalue weighted by atomic mass is 10.1. The summed E-state index contributed by atoms with van der Waals surface area (Å²) in [6, 6.07) is 7.24. The van der Waals surface area contributed by atoms with Crippen LogP contribution in [0.25, 0.3) is 0 Å². The first-order chi connectivity index (χ1) is 11.2. The average Bonchev–Trinajstić information content (AvgIpc) is 3.10. The number of likely N-dealkylation sites (tertiary alicyclic amines) is 1. The van der Waals surface area contributed by atoms with Crippen molar-refractivity contribution < 1.29 is 4.39 Å². The highest BCUT2D eigenvalue weighted by atomic mass is 127. The van der Waals surface area contributed by atoms with Crippen molar-refractivity contribution in [2.24, 2.45) is 4.99 Å². The Kier molecular flexibility index (Phi) is 10.2. The highest BCUT2D eigenvalue weighted by Gasteiger charge is 2.20. The first kappa shape index (κ1) is 21.2. The molecule has 1 saturated heterocycles. The maximum absolute atomic E-state index is 12.9. The second kappa shape index (κ2) is 11.6. The van der Waals surface area contributed by atoms with E-state index >= 15 is 0 Å². The maximum Gasteiger partial charge on any atom is 0.191 e. The normalized spacial score (nSPS) is 16.5. The number of halogens is 2. The van der Waals surface area contributed by atoms with Crippen molar-refractivity contribution in [1.82, 2.24) is 15.5 Å². The van der Waals surface area contributed by atoms with E-state index in [1.54, 1.807) is 7.05 Å². The Morgan fingerprint density at radius 3 is 2.46 bits per heavy atom. The number of benzene rings is 1. The first-order valence-corrected chi connectivity index (χ1v) is 8.66. The van der Waals surface area contributed by atoms with Crippen molar-refractivity contribution in [3.05, 3.63) is 35.6 Å². The van der Waals surface area contributed by atoms with E-state index in [4.69, 9.17) is 0 Å². The van der Waals surface area contributed by atoms with Gasteiger partial charge in [-0.2, -0.15) is 0 Å². The predicted octanol–water partition coefficient (Wildman–Crippen LogP) is 3.03. The van der Waals surface area contributed by atoms with Gasteiger partial charge in [0, 0.05) is 26.2 Å². The minimum absolute atomic E-state index is 0. The fourth-order valence-corrected chi connectivity index (χ4v) is 3.05. The van der Waals surface area contributed by atoms with Gasteiger partial charge in [-0.25, -0.2) is 4.39 Å². The van der Waals surface area contributed by atoms with E-state index in [1.165, 1.54) is 38.1 Å². The number of hydrogen-bond donors (Lipinski definition) is 2. The largest absolute Gasteiger partial charge is 0.356 e. The van der Waals surface area contributed by atoms with Crippen molar-refractivity contribution in [2.75, 3.05) is 33.2 Å². The van der Waals surface area contributed by atoms with Crippen LogP contribution in [0.5, 0.6) is 0 Å². The van der Waals surface area contributed by atoms with Gasteiger partial charge in [0.2, 0.25) is 0 Å². The number of hydrogen-bond acceptors (Lipinski definition) is 2. The summed E-state index contributed by atoms with van der Waals surface area (Å²) in [5, 5.41) is 6.76. The van der Waals surface area contributed by atoms with Crippen LogP contribution in [0.3, 0.4) is 0 Å². The first-order valence-electron chi connectivity index (χ1n) is 8.66. The summed E-state index contributed by atoms with van der Waals surface area (Å²) >= 11 is 0. The van der Waals surface area contributed by atoms with Crippen LogP contribution in [0, 0.1) is 5.82 Å². The van der Waals surface area contributed by atoms with Crippen LogP contribution >= 0.6 is 24.0 Å². The summed E-state index contributed by atoms with van der Waals surface area (Å²) in [6.45, 7) is 6.39. The molecule has 1 aliphatic rings. The Labute approximate surface area is 162 Å². The van der Waals surface area contributed by atoms with Crippen LogP contribution in [0.4, 0.5) is 4.39 Å². The van der Waals surface area contributed by atoms with Gasteiger partial charge >= 0.3 is 0 Å². The molecule has 0 saturated carbocycles. The van der Waals surface area contributed by atoms with Crippen LogP contribution in [-0.4, -0.2) is 50.1 Å². The van der Waals surface area contributed by atoms with Crippen molar-refractivity contribution in [1.29, 1.82) is 0 Å². The average molecular weight is 448 g/mol. The molecule has 1 aromatic carbocycles. The molecule has 0 bridgehead atoms. The molecule has 136 valence electrons. The topological polar surface area (TPSA) is 39.7 Å². The molecule has 0 amide bonds. The summed E-state index contributed by atoms with van der Waals surface area (Å²) in [5.41, 5.74) is 1.12. The SMILES string of the molecule is CCC(CNC(=NC)NCCc1ccc(F)cc1)N1CCCC1.I. The van der Waals surface area contributed by atoms with Crippen molar-refractivity contribution >= 4 is 29.9 Å². The summed E-state index contributed by atoms with van der Waals surface area (Å²) in [7, 11) is 1.80. The van der Waals surface area contributed by atoms with Gasteiger partial charge in [0.05, 0.1) is 0 Å². The second-order valence-electron chi connectivity index (χ2n) is 6.06. The number of aliphatic imine (C=N–C) groups is 1. The lowest BCUT2D eigenvalue weighted by molar-refractivity contribution is 0.236. The fourth-order valence-electron chi connectivity index (χ4n) is 3.05. The van der Waals surface area contributed by atoms with Gasteiger partial charge in [-0.1, -0.05) is 19.1 Å². The molecule has 0 aliphatic carbocycles. The Morgan fingerprint density at radius 1 is 1.21 bits per heavy atom. The highest BCUT2D eigenvalue weighted by Crippen LogP contribution is 2.13. The van der Waals surface area contributed by atoms with Crippen LogP contribution in [0.15, 0.2) is 29.3 Å². The second-order valence-corrected chi connectivity index (χ2v) is 6.06. The highest BCUT2D eigenvalue weighted by molar-refractivity contribution is 14.0. The van der Waals surface area contributed by atoms with E-state index in [0.29, 0.717) is 6.04 Å². The third kappa shape index (κ3) is 6.93. The molecule has 1 heterocycles. The van der Waals surface area contributed by atoms with E-state index < -0.39 is 0 Å². The lowest BCUT2D eigenvalue weighted by Crippen LogP contribution is -2.46. The Morgan fingerprint density at radius 2 is 1.88 bits per heavy atom. The summed E-state index contributed by atoms with van der Waals surface area (Å²) in [4.78, 5) is 6.85. The molecule has 1 atom stereocenters. The van der Waals surface area contributed by atoms with Gasteiger partial charge in [-0.15, -0.1) is 24.0 Å². The maximum atomic E-state index is 12.9. The van der Waals surface area contributed by atoms with E-state index in [-0.39, 0.29) is 29.8 Å². The van der Waals surface area contributed by atoms with Crippen molar-refractivity contribution in [2.45, 2.75) is 38.6 Å². The Hall–Kier alpha value is -0.890. The van der Waals surface area contributed by atoms with E-state index in [9.17, 15) is 4.39 Å². The van der Waals surface area contributed by atoms with Gasteiger partial charge < -0.3 is 10.6 Å². The molecule has 2 rings (SSSR count). The van der Waals surface area contributed by atoms with Gasteiger partial charge in [0.15, 0.2) is 5.96 Å². The number of nitrogens with zero attached hydrogens (tertiary/aromatic N) is 2. The molecule has 1 aliphatic heterocycles. The Bertz CT molecular complexity index is 486. The zero-order chi connectivity index (χ0) is 16.5. The van der Waals surface area contributed by atoms with Crippen molar-refractivity contribution in [3.63, 3.8) is 0 Å². The number of guanidine groups is 1. The van der Waals surface area contributed by atoms with Crippen molar-refractivity contribution in [3.8, 4) is 0 Å². The molecule has 24 heavy (non-hydrogen) atoms. The molecular weight excluding hydrogens is 418 g/mol. The van der Waals surface area contributed by atoms with Crippen LogP contribution < -0.4 is 10.6 Å². The quantitative estimate of drug-likeness (QED) is 0.383. The molecule has 0 aromatic heterocycles. The Balaban J connectivity index is 0.00000288. The molecule has 0 spiro atoms. The molecule has 1 aromatic rings. The standard InChI is InChI=1S/C18H29FN4.HI/c1-3-17(23-12-4-5-13-23)14-22-18(20-2)21-11-10-15-6-8-16(19)9-7-15;/h6-9,17H,3-5,10-14H2,1-2H3,(H2,20,21,22);1H. The molecule has 1 unspecified atom stereocenters. The molecule has 6 heteroatoms.